The van der Waals surface area contributed by atoms with Gasteiger partial charge in [-0.2, -0.15) is 0 Å². The zero-order chi connectivity index (χ0) is 7.56. The van der Waals surface area contributed by atoms with Crippen molar-refractivity contribution < 1.29 is 9.90 Å². The van der Waals surface area contributed by atoms with Crippen LogP contribution in [0.2, 0.25) is 0 Å². The van der Waals surface area contributed by atoms with E-state index in [9.17, 15) is 4.79 Å². The normalized spacial score (nSPS) is 9.40. The van der Waals surface area contributed by atoms with E-state index in [0.717, 1.165) is 4.24 Å². The third-order valence-electron chi connectivity index (χ3n) is 1.38. The first-order valence-corrected chi connectivity index (χ1v) is 3.01. The molecule has 0 spiro atoms. The van der Waals surface area contributed by atoms with Crippen molar-refractivity contribution >= 4 is 27.9 Å². The minimum absolute atomic E-state index is 0.377. The van der Waals surface area contributed by atoms with Crippen LogP contribution in [-0.4, -0.2) is 28.8 Å². The molecule has 2 nitrogen and oxygen atoms in total. The molecule has 0 bridgehead atoms. The topological polar surface area (TPSA) is 37.3 Å². The second kappa shape index (κ2) is 2.92. The van der Waals surface area contributed by atoms with Gasteiger partial charge in [0, 0.05) is 0 Å². The minimum atomic E-state index is -0.863. The van der Waals surface area contributed by atoms with Gasteiger partial charge in [0.25, 0.3) is 0 Å². The number of aromatic carboxylic acids is 1. The summed E-state index contributed by atoms with van der Waals surface area (Å²) in [5.74, 6) is -0.863. The number of carbonyl (C=O) groups is 1. The number of hydrogen-bond donors (Lipinski definition) is 1. The van der Waals surface area contributed by atoms with Gasteiger partial charge in [-0.15, -0.1) is 0 Å². The average molecular weight is 128 g/mol. The SMILES string of the molecule is [Li][c]1ccccc1C(=O)O. The van der Waals surface area contributed by atoms with Crippen LogP contribution < -0.4 is 4.24 Å². The third kappa shape index (κ3) is 1.41. The predicted octanol–water partition coefficient (Wildman–Crippen LogP) is 0.179. The van der Waals surface area contributed by atoms with Gasteiger partial charge in [0.15, 0.2) is 0 Å². The molecule has 1 aromatic carbocycles. The molecule has 0 saturated carbocycles. The molecule has 0 aliphatic heterocycles. The molecular formula is C7H5LiO2. The fourth-order valence-corrected chi connectivity index (χ4v) is 0.813. The Labute approximate surface area is 68.1 Å². The van der Waals surface area contributed by atoms with E-state index in [2.05, 4.69) is 0 Å². The van der Waals surface area contributed by atoms with E-state index >= 15 is 0 Å². The Morgan fingerprint density at radius 1 is 1.40 bits per heavy atom. The molecule has 1 N–H and O–H groups in total. The van der Waals surface area contributed by atoms with Crippen LogP contribution in [0.3, 0.4) is 0 Å². The van der Waals surface area contributed by atoms with Crippen LogP contribution >= 0.6 is 0 Å². The zero-order valence-electron chi connectivity index (χ0n) is 5.66. The van der Waals surface area contributed by atoms with Gasteiger partial charge in [0.2, 0.25) is 0 Å². The summed E-state index contributed by atoms with van der Waals surface area (Å²) in [5.41, 5.74) is 0.377. The van der Waals surface area contributed by atoms with E-state index in [1.54, 1.807) is 35.9 Å². The fourth-order valence-electron chi connectivity index (χ4n) is 0.813. The summed E-state index contributed by atoms with van der Waals surface area (Å²) >= 11 is 1.78. The second-order valence-electron chi connectivity index (χ2n) is 2.12. The van der Waals surface area contributed by atoms with Gasteiger partial charge in [0.1, 0.15) is 0 Å². The van der Waals surface area contributed by atoms with Gasteiger partial charge < -0.3 is 0 Å². The van der Waals surface area contributed by atoms with Crippen molar-refractivity contribution in [3.05, 3.63) is 29.8 Å². The van der Waals surface area contributed by atoms with E-state index in [1.807, 2.05) is 6.07 Å². The number of hydrogen-bond acceptors (Lipinski definition) is 1. The number of benzene rings is 1. The van der Waals surface area contributed by atoms with Gasteiger partial charge in [-0.3, -0.25) is 0 Å². The summed E-state index contributed by atoms with van der Waals surface area (Å²) in [6, 6.07) is 6.92. The van der Waals surface area contributed by atoms with Crippen LogP contribution in [-0.2, 0) is 0 Å². The Morgan fingerprint density at radius 2 is 2.00 bits per heavy atom. The monoisotopic (exact) mass is 128 g/mol. The maximum atomic E-state index is 10.4. The third-order valence-corrected chi connectivity index (χ3v) is 1.38. The second-order valence-corrected chi connectivity index (χ2v) is 2.12. The van der Waals surface area contributed by atoms with Crippen LogP contribution in [0.25, 0.3) is 0 Å². The van der Waals surface area contributed by atoms with E-state index in [-0.39, 0.29) is 0 Å². The number of carboxylic acid groups (broad SMARTS) is 1. The van der Waals surface area contributed by atoms with E-state index < -0.39 is 5.97 Å². The number of rotatable bonds is 1. The first-order valence-electron chi connectivity index (χ1n) is 3.01. The molecule has 1 rings (SSSR count). The van der Waals surface area contributed by atoms with Crippen molar-refractivity contribution in [1.82, 2.24) is 0 Å². The Bertz CT molecular complexity index is 258. The summed E-state index contributed by atoms with van der Waals surface area (Å²) in [5, 5.41) is 8.57. The van der Waals surface area contributed by atoms with Crippen LogP contribution in [0.5, 0.6) is 0 Å². The molecule has 10 heavy (non-hydrogen) atoms. The molecule has 1 aromatic rings. The number of carboxylic acids is 1. The molecule has 0 aromatic heterocycles. The summed E-state index contributed by atoms with van der Waals surface area (Å²) in [4.78, 5) is 10.4. The van der Waals surface area contributed by atoms with Crippen molar-refractivity contribution in [1.29, 1.82) is 0 Å². The molecule has 0 fully saturated rings. The Morgan fingerprint density at radius 3 is 2.40 bits per heavy atom. The molecular weight excluding hydrogens is 123 g/mol. The molecule has 0 radical (unpaired) electrons. The van der Waals surface area contributed by atoms with Crippen LogP contribution in [0, 0.1) is 0 Å². The van der Waals surface area contributed by atoms with Crippen molar-refractivity contribution in [2.75, 3.05) is 0 Å². The van der Waals surface area contributed by atoms with Gasteiger partial charge in [-0.25, -0.2) is 0 Å². The van der Waals surface area contributed by atoms with Crippen LogP contribution in [0.15, 0.2) is 24.3 Å². The Kier molecular flexibility index (Phi) is 2.16. The quantitative estimate of drug-likeness (QED) is 0.547. The summed E-state index contributed by atoms with van der Waals surface area (Å²) in [6.45, 7) is 0. The first kappa shape index (κ1) is 7.40. The van der Waals surface area contributed by atoms with Crippen molar-refractivity contribution in [2.24, 2.45) is 0 Å². The molecule has 0 aliphatic rings. The van der Waals surface area contributed by atoms with Gasteiger partial charge in [-0.1, -0.05) is 0 Å². The molecule has 3 heteroatoms. The first-order chi connectivity index (χ1) is 4.72. The maximum absolute atomic E-state index is 10.4. The predicted molar refractivity (Wildman–Crippen MR) is 38.8 cm³/mol. The van der Waals surface area contributed by atoms with E-state index in [0.29, 0.717) is 5.56 Å². The van der Waals surface area contributed by atoms with Crippen LogP contribution in [0.4, 0.5) is 0 Å². The van der Waals surface area contributed by atoms with Crippen molar-refractivity contribution in [2.45, 2.75) is 0 Å². The molecule has 0 saturated heterocycles. The zero-order valence-corrected chi connectivity index (χ0v) is 5.66. The summed E-state index contributed by atoms with van der Waals surface area (Å²) in [7, 11) is 0. The molecule has 46 valence electrons. The molecule has 0 amide bonds. The van der Waals surface area contributed by atoms with E-state index in [1.165, 1.54) is 0 Å². The molecule has 0 heterocycles. The average Bonchev–Trinajstić information content (AvgIpc) is 1.88. The van der Waals surface area contributed by atoms with Crippen LogP contribution in [0.1, 0.15) is 10.4 Å². The fraction of sp³-hybridized carbons (Fsp3) is 0. The van der Waals surface area contributed by atoms with Gasteiger partial charge >= 0.3 is 67.7 Å². The van der Waals surface area contributed by atoms with Gasteiger partial charge in [-0.05, 0) is 0 Å². The molecule has 0 unspecified atom stereocenters. The summed E-state index contributed by atoms with van der Waals surface area (Å²) < 4.78 is 0.801. The standard InChI is InChI=1S/C7H5O2.Li/c8-7(9)6-4-2-1-3-5-6;/h1-4H,(H,8,9);. The van der Waals surface area contributed by atoms with Gasteiger partial charge in [0.05, 0.1) is 0 Å². The molecule has 0 aliphatic carbocycles. The van der Waals surface area contributed by atoms with E-state index in [4.69, 9.17) is 5.11 Å². The molecule has 0 atom stereocenters. The van der Waals surface area contributed by atoms with Crippen molar-refractivity contribution in [3.63, 3.8) is 0 Å². The summed E-state index contributed by atoms with van der Waals surface area (Å²) in [6.07, 6.45) is 0. The van der Waals surface area contributed by atoms with Crippen molar-refractivity contribution in [3.8, 4) is 0 Å². The Hall–Kier alpha value is -0.713. The Balaban J connectivity index is 3.15.